The minimum absolute atomic E-state index is 0.0372. The number of carbonyl (C=O) groups excluding carboxylic acids is 2. The Labute approximate surface area is 214 Å². The number of benzene rings is 2. The molecule has 1 heterocycles. The van der Waals surface area contributed by atoms with E-state index in [0.29, 0.717) is 24.3 Å². The number of amides is 2. The Kier molecular flexibility index (Phi) is 8.89. The Bertz CT molecular complexity index is 1030. The first-order chi connectivity index (χ1) is 16.7. The van der Waals surface area contributed by atoms with Gasteiger partial charge in [-0.2, -0.15) is 0 Å². The molecule has 0 spiro atoms. The molecule has 0 saturated carbocycles. The lowest BCUT2D eigenvalue weighted by Gasteiger charge is -2.38. The maximum absolute atomic E-state index is 13.5. The van der Waals surface area contributed by atoms with Gasteiger partial charge in [0.05, 0.1) is 23.8 Å². The molecular weight excluding hydrogens is 464 g/mol. The smallest absolute Gasteiger partial charge is 0.256 e. The van der Waals surface area contributed by atoms with Gasteiger partial charge in [0, 0.05) is 56.5 Å². The number of piperazine rings is 1. The van der Waals surface area contributed by atoms with Crippen LogP contribution in [0.3, 0.4) is 0 Å². The average Bonchev–Trinajstić information content (AvgIpc) is 2.89. The van der Waals surface area contributed by atoms with Crippen LogP contribution < -0.4 is 19.9 Å². The maximum atomic E-state index is 13.5. The van der Waals surface area contributed by atoms with Crippen molar-refractivity contribution in [1.82, 2.24) is 4.90 Å². The number of ether oxygens (including phenoxy) is 1. The van der Waals surface area contributed by atoms with Gasteiger partial charge in [0.2, 0.25) is 5.91 Å². The molecule has 0 bridgehead atoms. The summed E-state index contributed by atoms with van der Waals surface area (Å²) >= 11 is 5.98. The number of hydrogen-bond donors (Lipinski definition) is 1. The Morgan fingerprint density at radius 2 is 1.60 bits per heavy atom. The lowest BCUT2D eigenvalue weighted by atomic mass is 9.95. The third-order valence-electron chi connectivity index (χ3n) is 6.53. The van der Waals surface area contributed by atoms with Crippen LogP contribution in [0.2, 0.25) is 0 Å². The molecule has 190 valence electrons. The van der Waals surface area contributed by atoms with Crippen molar-refractivity contribution in [3.8, 4) is 5.75 Å². The molecule has 2 amide bonds. The lowest BCUT2D eigenvalue weighted by molar-refractivity contribution is -0.122. The van der Waals surface area contributed by atoms with Gasteiger partial charge in [0.1, 0.15) is 5.75 Å². The number of para-hydroxylation sites is 2. The molecule has 0 radical (unpaired) electrons. The van der Waals surface area contributed by atoms with Crippen LogP contribution >= 0.6 is 11.6 Å². The van der Waals surface area contributed by atoms with Crippen molar-refractivity contribution < 1.29 is 14.3 Å². The van der Waals surface area contributed by atoms with E-state index in [2.05, 4.69) is 21.2 Å². The van der Waals surface area contributed by atoms with E-state index in [1.807, 2.05) is 44.2 Å². The van der Waals surface area contributed by atoms with Crippen LogP contribution in [0.4, 0.5) is 17.1 Å². The fourth-order valence-corrected chi connectivity index (χ4v) is 4.30. The number of carbonyl (C=O) groups is 2. The first kappa shape index (κ1) is 26.7. The molecule has 35 heavy (non-hydrogen) atoms. The topological polar surface area (TPSA) is 65.1 Å². The van der Waals surface area contributed by atoms with Crippen LogP contribution in [0.1, 0.15) is 38.1 Å². The Balaban J connectivity index is 1.87. The number of nitrogens with one attached hydrogen (secondary N) is 1. The van der Waals surface area contributed by atoms with Gasteiger partial charge in [-0.1, -0.05) is 12.1 Å². The van der Waals surface area contributed by atoms with E-state index in [-0.39, 0.29) is 17.7 Å². The van der Waals surface area contributed by atoms with Crippen LogP contribution in [0, 0.1) is 5.41 Å². The lowest BCUT2D eigenvalue weighted by Crippen LogP contribution is -2.47. The Morgan fingerprint density at radius 3 is 2.17 bits per heavy atom. The quantitative estimate of drug-likeness (QED) is 0.505. The minimum atomic E-state index is -0.710. The maximum Gasteiger partial charge on any atom is 0.256 e. The highest BCUT2D eigenvalue weighted by atomic mass is 35.5. The fraction of sp³-hybridized carbons (Fsp3) is 0.481. The second-order valence-corrected chi connectivity index (χ2v) is 9.59. The summed E-state index contributed by atoms with van der Waals surface area (Å²) < 4.78 is 5.54. The van der Waals surface area contributed by atoms with Gasteiger partial charge in [-0.3, -0.25) is 9.59 Å². The molecular formula is C27H37ClN4O3. The summed E-state index contributed by atoms with van der Waals surface area (Å²) in [5.74, 6) is 0.855. The summed E-state index contributed by atoms with van der Waals surface area (Å²) in [5.41, 5.74) is 2.45. The van der Waals surface area contributed by atoms with Crippen LogP contribution in [0.5, 0.6) is 5.75 Å². The SMILES string of the molecule is CCN(CC)C(=O)c1cc(NC(=O)C(C)(C)CCl)ccc1N1CCN(c2ccccc2OC)CC1. The number of methoxy groups -OCH3 is 1. The molecule has 2 aromatic carbocycles. The van der Waals surface area contributed by atoms with E-state index >= 15 is 0 Å². The van der Waals surface area contributed by atoms with E-state index in [1.165, 1.54) is 0 Å². The second kappa shape index (κ2) is 11.7. The summed E-state index contributed by atoms with van der Waals surface area (Å²) in [4.78, 5) is 32.5. The van der Waals surface area contributed by atoms with Gasteiger partial charge in [0.15, 0.2) is 0 Å². The summed E-state index contributed by atoms with van der Waals surface area (Å²) in [6.07, 6.45) is 0. The van der Waals surface area contributed by atoms with E-state index in [4.69, 9.17) is 16.3 Å². The molecule has 3 rings (SSSR count). The Morgan fingerprint density at radius 1 is 1.00 bits per heavy atom. The van der Waals surface area contributed by atoms with Crippen LogP contribution in [-0.4, -0.2) is 69.0 Å². The first-order valence-corrected chi connectivity index (χ1v) is 12.7. The number of halogens is 1. The fourth-order valence-electron chi connectivity index (χ4n) is 4.18. The third-order valence-corrected chi connectivity index (χ3v) is 7.20. The van der Waals surface area contributed by atoms with Crippen LogP contribution in [0.15, 0.2) is 42.5 Å². The van der Waals surface area contributed by atoms with Gasteiger partial charge in [-0.05, 0) is 58.0 Å². The van der Waals surface area contributed by atoms with Crippen LogP contribution in [-0.2, 0) is 4.79 Å². The van der Waals surface area contributed by atoms with Crippen molar-refractivity contribution in [3.63, 3.8) is 0 Å². The van der Waals surface area contributed by atoms with Gasteiger partial charge < -0.3 is 24.8 Å². The second-order valence-electron chi connectivity index (χ2n) is 9.33. The molecule has 0 unspecified atom stereocenters. The van der Waals surface area contributed by atoms with Gasteiger partial charge in [-0.25, -0.2) is 0 Å². The summed E-state index contributed by atoms with van der Waals surface area (Å²) in [6.45, 7) is 11.9. The minimum Gasteiger partial charge on any atom is -0.495 e. The van der Waals surface area contributed by atoms with E-state index in [1.54, 1.807) is 31.9 Å². The molecule has 8 heteroatoms. The van der Waals surface area contributed by atoms with E-state index in [9.17, 15) is 9.59 Å². The summed E-state index contributed by atoms with van der Waals surface area (Å²) in [5, 5.41) is 2.94. The van der Waals surface area contributed by atoms with Gasteiger partial charge in [0.25, 0.3) is 5.91 Å². The van der Waals surface area contributed by atoms with Crippen molar-refractivity contribution in [1.29, 1.82) is 0 Å². The highest BCUT2D eigenvalue weighted by Gasteiger charge is 2.28. The molecule has 1 N–H and O–H groups in total. The molecule has 0 aromatic heterocycles. The number of rotatable bonds is 9. The summed E-state index contributed by atoms with van der Waals surface area (Å²) in [7, 11) is 1.69. The number of alkyl halides is 1. The van der Waals surface area contributed by atoms with Crippen molar-refractivity contribution in [3.05, 3.63) is 48.0 Å². The van der Waals surface area contributed by atoms with Crippen molar-refractivity contribution >= 4 is 40.5 Å². The van der Waals surface area contributed by atoms with Crippen molar-refractivity contribution in [2.45, 2.75) is 27.7 Å². The number of hydrogen-bond acceptors (Lipinski definition) is 5. The molecule has 0 atom stereocenters. The van der Waals surface area contributed by atoms with Crippen molar-refractivity contribution in [2.75, 3.05) is 67.4 Å². The third kappa shape index (κ3) is 6.01. The Hall–Kier alpha value is -2.93. The number of nitrogens with zero attached hydrogens (tertiary/aromatic N) is 3. The molecule has 7 nitrogen and oxygen atoms in total. The first-order valence-electron chi connectivity index (χ1n) is 12.2. The predicted molar refractivity (Wildman–Crippen MR) is 144 cm³/mol. The highest BCUT2D eigenvalue weighted by molar-refractivity contribution is 6.20. The summed E-state index contributed by atoms with van der Waals surface area (Å²) in [6, 6.07) is 13.6. The zero-order valence-corrected chi connectivity index (χ0v) is 22.2. The van der Waals surface area contributed by atoms with Gasteiger partial charge >= 0.3 is 0 Å². The predicted octanol–water partition coefficient (Wildman–Crippen LogP) is 4.71. The normalized spacial score (nSPS) is 14.0. The standard InChI is InChI=1S/C27H37ClN4O3/c1-6-30(7-2)25(33)21-18-20(29-26(34)27(3,4)19-28)12-13-22(21)31-14-16-32(17-15-31)23-10-8-9-11-24(23)35-5/h8-13,18H,6-7,14-17,19H2,1-5H3,(H,29,34). The molecule has 1 fully saturated rings. The van der Waals surface area contributed by atoms with E-state index in [0.717, 1.165) is 43.3 Å². The molecule has 1 saturated heterocycles. The monoisotopic (exact) mass is 500 g/mol. The molecule has 1 aliphatic heterocycles. The molecule has 0 aliphatic carbocycles. The zero-order valence-electron chi connectivity index (χ0n) is 21.4. The van der Waals surface area contributed by atoms with Crippen molar-refractivity contribution in [2.24, 2.45) is 5.41 Å². The number of anilines is 3. The van der Waals surface area contributed by atoms with Gasteiger partial charge in [-0.15, -0.1) is 11.6 Å². The highest BCUT2D eigenvalue weighted by Crippen LogP contribution is 2.32. The zero-order chi connectivity index (χ0) is 25.6. The van der Waals surface area contributed by atoms with Crippen LogP contribution in [0.25, 0.3) is 0 Å². The molecule has 2 aromatic rings. The largest absolute Gasteiger partial charge is 0.495 e. The van der Waals surface area contributed by atoms with E-state index < -0.39 is 5.41 Å². The average molecular weight is 501 g/mol. The molecule has 1 aliphatic rings.